The monoisotopic (exact) mass is 242 g/mol. The quantitative estimate of drug-likeness (QED) is 0.384. The van der Waals surface area contributed by atoms with Crippen LogP contribution in [-0.4, -0.2) is 30.9 Å². The molecule has 0 bridgehead atoms. The molecule has 1 atom stereocenters. The second kappa shape index (κ2) is 8.82. The highest BCUT2D eigenvalue weighted by molar-refractivity contribution is 5.85. The summed E-state index contributed by atoms with van der Waals surface area (Å²) in [6.45, 7) is 8.00. The third-order valence-electron chi connectivity index (χ3n) is 2.32. The number of rotatable bonds is 9. The Hall–Kier alpha value is -1.29. The highest BCUT2D eigenvalue weighted by atomic mass is 16.5. The first-order chi connectivity index (χ1) is 8.01. The number of hydrogen-bond acceptors (Lipinski definition) is 3. The summed E-state index contributed by atoms with van der Waals surface area (Å²) in [5.41, 5.74) is 0.145. The highest BCUT2D eigenvalue weighted by Crippen LogP contribution is 2.12. The Labute approximate surface area is 103 Å². The summed E-state index contributed by atoms with van der Waals surface area (Å²) in [6, 6.07) is 0. The number of carboxylic acids is 1. The summed E-state index contributed by atoms with van der Waals surface area (Å²) in [6.07, 6.45) is 3.77. The number of ether oxygens (including phenoxy) is 2. The van der Waals surface area contributed by atoms with Crippen LogP contribution in [0, 0.1) is 0 Å². The predicted molar refractivity (Wildman–Crippen MR) is 66.8 cm³/mol. The van der Waals surface area contributed by atoms with Crippen LogP contribution in [-0.2, 0) is 14.3 Å². The van der Waals surface area contributed by atoms with Crippen molar-refractivity contribution in [3.63, 3.8) is 0 Å². The highest BCUT2D eigenvalue weighted by Gasteiger charge is 2.13. The average molecular weight is 242 g/mol. The van der Waals surface area contributed by atoms with Gasteiger partial charge in [0.05, 0.1) is 19.0 Å². The van der Waals surface area contributed by atoms with E-state index in [1.807, 2.05) is 0 Å². The molecule has 0 heterocycles. The Morgan fingerprint density at radius 1 is 1.53 bits per heavy atom. The van der Waals surface area contributed by atoms with Crippen molar-refractivity contribution in [1.82, 2.24) is 0 Å². The second-order valence-corrected chi connectivity index (χ2v) is 3.86. The molecule has 0 unspecified atom stereocenters. The number of methoxy groups -OCH3 is 1. The zero-order valence-electron chi connectivity index (χ0n) is 10.9. The van der Waals surface area contributed by atoms with E-state index in [2.05, 4.69) is 13.5 Å². The lowest BCUT2D eigenvalue weighted by atomic mass is 10.1. The first-order valence-corrected chi connectivity index (χ1v) is 5.76. The van der Waals surface area contributed by atoms with Crippen molar-refractivity contribution < 1.29 is 19.4 Å². The van der Waals surface area contributed by atoms with E-state index in [-0.39, 0.29) is 18.1 Å². The Morgan fingerprint density at radius 3 is 2.65 bits per heavy atom. The van der Waals surface area contributed by atoms with Gasteiger partial charge in [0.15, 0.2) is 0 Å². The molecule has 0 aliphatic rings. The number of unbranched alkanes of at least 4 members (excludes halogenated alkanes) is 1. The molecule has 0 fully saturated rings. The summed E-state index contributed by atoms with van der Waals surface area (Å²) in [7, 11) is 1.57. The fraction of sp³-hybridized carbons (Fsp3) is 0.615. The minimum Gasteiger partial charge on any atom is -0.502 e. The largest absolute Gasteiger partial charge is 0.502 e. The zero-order chi connectivity index (χ0) is 13.3. The molecule has 0 amide bonds. The van der Waals surface area contributed by atoms with Gasteiger partial charge >= 0.3 is 5.97 Å². The van der Waals surface area contributed by atoms with Crippen LogP contribution in [0.25, 0.3) is 0 Å². The molecular formula is C13H22O4. The Morgan fingerprint density at radius 2 is 2.18 bits per heavy atom. The van der Waals surface area contributed by atoms with Crippen LogP contribution in [0.1, 0.15) is 33.1 Å². The van der Waals surface area contributed by atoms with Crippen LogP contribution < -0.4 is 0 Å². The third kappa shape index (κ3) is 7.58. The number of aliphatic carboxylic acids is 1. The number of carbonyl (C=O) groups is 1. The molecule has 1 N–H and O–H groups in total. The van der Waals surface area contributed by atoms with Gasteiger partial charge in [-0.05, 0) is 19.4 Å². The number of carboxylic acid groups (broad SMARTS) is 1. The molecule has 0 aromatic carbocycles. The standard InChI is InChI=1S/C13H22O4/c1-5-6-7-17-12(9-11(3)16-4)8-10(2)13(14)15/h9,12H,2,5-8H2,1,3-4H3,(H,14,15)/b11-9+/t12-/m1/s1. The zero-order valence-corrected chi connectivity index (χ0v) is 10.9. The summed E-state index contributed by atoms with van der Waals surface area (Å²) >= 11 is 0. The van der Waals surface area contributed by atoms with Crippen LogP contribution in [0.3, 0.4) is 0 Å². The molecule has 0 saturated carbocycles. The van der Waals surface area contributed by atoms with Crippen LogP contribution in [0.15, 0.2) is 24.0 Å². The maximum Gasteiger partial charge on any atom is 0.331 e. The van der Waals surface area contributed by atoms with Gasteiger partial charge in [-0.15, -0.1) is 0 Å². The van der Waals surface area contributed by atoms with Crippen LogP contribution in [0.5, 0.6) is 0 Å². The van der Waals surface area contributed by atoms with Crippen molar-refractivity contribution >= 4 is 5.97 Å². The molecule has 0 aliphatic carbocycles. The van der Waals surface area contributed by atoms with Crippen LogP contribution >= 0.6 is 0 Å². The lowest BCUT2D eigenvalue weighted by Gasteiger charge is -2.15. The molecule has 0 saturated heterocycles. The van der Waals surface area contributed by atoms with E-state index in [9.17, 15) is 4.79 Å². The minimum absolute atomic E-state index is 0.145. The fourth-order valence-corrected chi connectivity index (χ4v) is 1.20. The van der Waals surface area contributed by atoms with E-state index < -0.39 is 5.97 Å². The molecule has 0 rings (SSSR count). The SMILES string of the molecule is C=C(C[C@H](/C=C(\C)OC)OCCCC)C(=O)O. The van der Waals surface area contributed by atoms with Crippen molar-refractivity contribution in [1.29, 1.82) is 0 Å². The van der Waals surface area contributed by atoms with Gasteiger partial charge in [0.2, 0.25) is 0 Å². The van der Waals surface area contributed by atoms with Crippen LogP contribution in [0.2, 0.25) is 0 Å². The maximum absolute atomic E-state index is 10.7. The Balaban J connectivity index is 4.39. The third-order valence-corrected chi connectivity index (χ3v) is 2.32. The molecule has 0 radical (unpaired) electrons. The Kier molecular flexibility index (Phi) is 8.15. The molecule has 4 heteroatoms. The van der Waals surface area contributed by atoms with Gasteiger partial charge < -0.3 is 14.6 Å². The molecule has 0 aromatic rings. The number of hydrogen-bond donors (Lipinski definition) is 1. The van der Waals surface area contributed by atoms with Crippen molar-refractivity contribution in [2.75, 3.05) is 13.7 Å². The molecule has 17 heavy (non-hydrogen) atoms. The van der Waals surface area contributed by atoms with E-state index in [1.165, 1.54) is 0 Å². The topological polar surface area (TPSA) is 55.8 Å². The molecule has 0 aromatic heterocycles. The summed E-state index contributed by atoms with van der Waals surface area (Å²) in [4.78, 5) is 10.7. The molecular weight excluding hydrogens is 220 g/mol. The minimum atomic E-state index is -0.988. The lowest BCUT2D eigenvalue weighted by molar-refractivity contribution is -0.133. The van der Waals surface area contributed by atoms with Crippen molar-refractivity contribution in [3.8, 4) is 0 Å². The van der Waals surface area contributed by atoms with Crippen molar-refractivity contribution in [2.45, 2.75) is 39.2 Å². The van der Waals surface area contributed by atoms with E-state index >= 15 is 0 Å². The summed E-state index contributed by atoms with van der Waals surface area (Å²) in [5, 5.41) is 8.79. The van der Waals surface area contributed by atoms with E-state index in [4.69, 9.17) is 14.6 Å². The van der Waals surface area contributed by atoms with Gasteiger partial charge in [-0.25, -0.2) is 4.79 Å². The van der Waals surface area contributed by atoms with Crippen molar-refractivity contribution in [2.24, 2.45) is 0 Å². The fourth-order valence-electron chi connectivity index (χ4n) is 1.20. The van der Waals surface area contributed by atoms with Crippen LogP contribution in [0.4, 0.5) is 0 Å². The van der Waals surface area contributed by atoms with Crippen molar-refractivity contribution in [3.05, 3.63) is 24.0 Å². The van der Waals surface area contributed by atoms with E-state index in [1.54, 1.807) is 20.1 Å². The van der Waals surface area contributed by atoms with E-state index in [0.717, 1.165) is 12.8 Å². The molecule has 98 valence electrons. The van der Waals surface area contributed by atoms with Gasteiger partial charge in [0, 0.05) is 18.6 Å². The molecule has 0 aliphatic heterocycles. The van der Waals surface area contributed by atoms with Gasteiger partial charge in [-0.3, -0.25) is 0 Å². The first kappa shape index (κ1) is 15.7. The predicted octanol–water partition coefficient (Wildman–Crippen LogP) is 2.75. The molecule has 0 spiro atoms. The number of allylic oxidation sites excluding steroid dienone is 1. The normalized spacial score (nSPS) is 13.2. The summed E-state index contributed by atoms with van der Waals surface area (Å²) in [5.74, 6) is -0.276. The van der Waals surface area contributed by atoms with Gasteiger partial charge in [-0.2, -0.15) is 0 Å². The van der Waals surface area contributed by atoms with E-state index in [0.29, 0.717) is 12.4 Å². The van der Waals surface area contributed by atoms with Gasteiger partial charge in [-0.1, -0.05) is 19.9 Å². The second-order valence-electron chi connectivity index (χ2n) is 3.86. The Bertz CT molecular complexity index is 281. The smallest absolute Gasteiger partial charge is 0.331 e. The van der Waals surface area contributed by atoms with Gasteiger partial charge in [0.25, 0.3) is 0 Å². The summed E-state index contributed by atoms with van der Waals surface area (Å²) < 4.78 is 10.6. The lowest BCUT2D eigenvalue weighted by Crippen LogP contribution is -2.15. The first-order valence-electron chi connectivity index (χ1n) is 5.76. The maximum atomic E-state index is 10.7. The molecule has 4 nitrogen and oxygen atoms in total. The van der Waals surface area contributed by atoms with Gasteiger partial charge in [0.1, 0.15) is 0 Å². The average Bonchev–Trinajstić information content (AvgIpc) is 2.28.